The number of halogens is 1. The summed E-state index contributed by atoms with van der Waals surface area (Å²) >= 11 is 1.99. The first-order valence-corrected chi connectivity index (χ1v) is 8.57. The molecular weight excluding hydrogens is 435 g/mol. The summed E-state index contributed by atoms with van der Waals surface area (Å²) in [6.45, 7) is 3.87. The molecule has 0 fully saturated rings. The average Bonchev–Trinajstić information content (AvgIpc) is 2.59. The van der Waals surface area contributed by atoms with Crippen LogP contribution in [-0.4, -0.2) is 30.9 Å². The molecule has 0 unspecified atom stereocenters. The van der Waals surface area contributed by atoms with Crippen LogP contribution in [0.25, 0.3) is 0 Å². The van der Waals surface area contributed by atoms with Gasteiger partial charge in [0.1, 0.15) is 5.75 Å². The molecule has 2 aromatic rings. The number of hydrazone groups is 1. The van der Waals surface area contributed by atoms with Gasteiger partial charge in [0.05, 0.1) is 16.9 Å². The van der Waals surface area contributed by atoms with Crippen molar-refractivity contribution < 1.29 is 19.4 Å². The molecule has 0 aliphatic rings. The lowest BCUT2D eigenvalue weighted by atomic mass is 10.1. The molecule has 0 heterocycles. The number of methoxy groups -OCH3 is 1. The second kappa shape index (κ2) is 8.70. The molecule has 0 saturated heterocycles. The summed E-state index contributed by atoms with van der Waals surface area (Å²) in [7, 11) is 1.47. The summed E-state index contributed by atoms with van der Waals surface area (Å²) in [5.74, 6) is 0.693. The Morgan fingerprint density at radius 3 is 2.72 bits per heavy atom. The van der Waals surface area contributed by atoms with E-state index in [0.29, 0.717) is 20.6 Å². The molecule has 2 N–H and O–H groups in total. The molecule has 2 rings (SSSR count). The Bertz CT molecular complexity index is 806. The van der Waals surface area contributed by atoms with Gasteiger partial charge in [-0.05, 0) is 77.4 Å². The van der Waals surface area contributed by atoms with Crippen molar-refractivity contribution in [2.24, 2.45) is 5.10 Å². The van der Waals surface area contributed by atoms with Crippen molar-refractivity contribution >= 4 is 34.7 Å². The van der Waals surface area contributed by atoms with Crippen LogP contribution in [0.1, 0.15) is 16.7 Å². The van der Waals surface area contributed by atoms with Crippen LogP contribution in [0.2, 0.25) is 0 Å². The Balaban J connectivity index is 1.90. The molecule has 132 valence electrons. The van der Waals surface area contributed by atoms with E-state index in [2.05, 4.69) is 10.5 Å². The zero-order valence-corrected chi connectivity index (χ0v) is 16.3. The zero-order chi connectivity index (χ0) is 18.4. The summed E-state index contributed by atoms with van der Waals surface area (Å²) in [6, 6.07) is 9.00. The number of phenols is 1. The number of ether oxygens (including phenoxy) is 2. The highest BCUT2D eigenvalue weighted by Gasteiger charge is 2.07. The van der Waals surface area contributed by atoms with Gasteiger partial charge >= 0.3 is 0 Å². The zero-order valence-electron chi connectivity index (χ0n) is 14.2. The quantitative estimate of drug-likeness (QED) is 0.400. The van der Waals surface area contributed by atoms with Gasteiger partial charge in [0.2, 0.25) is 0 Å². The molecule has 0 saturated carbocycles. The van der Waals surface area contributed by atoms with Crippen LogP contribution >= 0.6 is 22.6 Å². The lowest BCUT2D eigenvalue weighted by molar-refractivity contribution is -0.123. The van der Waals surface area contributed by atoms with Gasteiger partial charge in [0.15, 0.2) is 18.1 Å². The Hall–Kier alpha value is -2.29. The third kappa shape index (κ3) is 5.35. The van der Waals surface area contributed by atoms with E-state index in [-0.39, 0.29) is 18.3 Å². The maximum absolute atomic E-state index is 11.8. The third-order valence-electron chi connectivity index (χ3n) is 3.52. The molecule has 0 aliphatic heterocycles. The first-order valence-electron chi connectivity index (χ1n) is 7.49. The van der Waals surface area contributed by atoms with Crippen molar-refractivity contribution in [3.63, 3.8) is 0 Å². The van der Waals surface area contributed by atoms with Crippen LogP contribution in [0, 0.1) is 17.4 Å². The fraction of sp³-hybridized carbons (Fsp3) is 0.222. The number of carbonyl (C=O) groups is 1. The summed E-state index contributed by atoms with van der Waals surface area (Å²) in [4.78, 5) is 11.8. The van der Waals surface area contributed by atoms with Gasteiger partial charge in [-0.2, -0.15) is 5.10 Å². The molecule has 1 amide bonds. The minimum atomic E-state index is -0.366. The van der Waals surface area contributed by atoms with Crippen LogP contribution in [0.3, 0.4) is 0 Å². The number of amides is 1. The van der Waals surface area contributed by atoms with Crippen LogP contribution in [0.4, 0.5) is 0 Å². The van der Waals surface area contributed by atoms with Crippen molar-refractivity contribution in [3.05, 3.63) is 50.6 Å². The van der Waals surface area contributed by atoms with Gasteiger partial charge in [-0.15, -0.1) is 0 Å². The highest BCUT2D eigenvalue weighted by molar-refractivity contribution is 14.1. The second-order valence-electron chi connectivity index (χ2n) is 5.38. The van der Waals surface area contributed by atoms with E-state index < -0.39 is 0 Å². The van der Waals surface area contributed by atoms with E-state index >= 15 is 0 Å². The first kappa shape index (κ1) is 19.0. The standard InChI is InChI=1S/C18H19IN2O4/c1-11-4-5-14(6-12(11)2)25-10-17(22)21-20-9-13-7-15(19)18(23)16(8-13)24-3/h4-9,23H,10H2,1-3H3,(H,21,22)/b20-9+. The number of nitrogens with one attached hydrogen (secondary N) is 1. The summed E-state index contributed by atoms with van der Waals surface area (Å²) < 4.78 is 11.1. The fourth-order valence-corrected chi connectivity index (χ4v) is 2.61. The highest BCUT2D eigenvalue weighted by Crippen LogP contribution is 2.31. The lowest BCUT2D eigenvalue weighted by Crippen LogP contribution is -2.24. The van der Waals surface area contributed by atoms with Crippen LogP contribution in [-0.2, 0) is 4.79 Å². The minimum absolute atomic E-state index is 0.0751. The largest absolute Gasteiger partial charge is 0.504 e. The number of hydrogen-bond donors (Lipinski definition) is 2. The van der Waals surface area contributed by atoms with Crippen LogP contribution < -0.4 is 14.9 Å². The number of hydrogen-bond acceptors (Lipinski definition) is 5. The number of nitrogens with zero attached hydrogens (tertiary/aromatic N) is 1. The Labute approximate surface area is 160 Å². The molecule has 0 radical (unpaired) electrons. The molecule has 0 aliphatic carbocycles. The number of phenolic OH excluding ortho intramolecular Hbond substituents is 1. The maximum Gasteiger partial charge on any atom is 0.277 e. The molecule has 0 atom stereocenters. The van der Waals surface area contributed by atoms with Crippen molar-refractivity contribution in [1.29, 1.82) is 0 Å². The Kier molecular flexibility index (Phi) is 6.63. The van der Waals surface area contributed by atoms with Crippen LogP contribution in [0.15, 0.2) is 35.4 Å². The maximum atomic E-state index is 11.8. The normalized spacial score (nSPS) is 10.7. The predicted molar refractivity (Wildman–Crippen MR) is 105 cm³/mol. The van der Waals surface area contributed by atoms with Gasteiger partial charge < -0.3 is 14.6 Å². The van der Waals surface area contributed by atoms with Gasteiger partial charge in [-0.3, -0.25) is 4.79 Å². The summed E-state index contributed by atoms with van der Waals surface area (Å²) in [5.41, 5.74) is 5.36. The summed E-state index contributed by atoms with van der Waals surface area (Å²) in [6.07, 6.45) is 1.47. The molecule has 25 heavy (non-hydrogen) atoms. The van der Waals surface area contributed by atoms with Crippen molar-refractivity contribution in [2.45, 2.75) is 13.8 Å². The molecule has 0 aromatic heterocycles. The Morgan fingerprint density at radius 1 is 1.28 bits per heavy atom. The fourth-order valence-electron chi connectivity index (χ4n) is 1.99. The van der Waals surface area contributed by atoms with E-state index in [0.717, 1.165) is 5.56 Å². The average molecular weight is 454 g/mol. The Morgan fingerprint density at radius 2 is 2.04 bits per heavy atom. The van der Waals surface area contributed by atoms with Crippen molar-refractivity contribution in [1.82, 2.24) is 5.43 Å². The SMILES string of the molecule is COc1cc(/C=N/NC(=O)COc2ccc(C)c(C)c2)cc(I)c1O. The second-order valence-corrected chi connectivity index (χ2v) is 6.54. The van der Waals surface area contributed by atoms with E-state index in [4.69, 9.17) is 9.47 Å². The van der Waals surface area contributed by atoms with Gasteiger partial charge in [0, 0.05) is 0 Å². The molecule has 6 nitrogen and oxygen atoms in total. The van der Waals surface area contributed by atoms with E-state index in [9.17, 15) is 9.90 Å². The van der Waals surface area contributed by atoms with E-state index in [1.807, 2.05) is 54.6 Å². The van der Waals surface area contributed by atoms with Gasteiger partial charge in [-0.25, -0.2) is 5.43 Å². The third-order valence-corrected chi connectivity index (χ3v) is 4.34. The van der Waals surface area contributed by atoms with Gasteiger partial charge in [-0.1, -0.05) is 6.07 Å². The van der Waals surface area contributed by atoms with E-state index in [1.165, 1.54) is 18.9 Å². The monoisotopic (exact) mass is 454 g/mol. The van der Waals surface area contributed by atoms with Crippen molar-refractivity contribution in [3.8, 4) is 17.2 Å². The van der Waals surface area contributed by atoms with Crippen molar-refractivity contribution in [2.75, 3.05) is 13.7 Å². The molecule has 7 heteroatoms. The van der Waals surface area contributed by atoms with E-state index in [1.54, 1.807) is 12.1 Å². The molecular formula is C18H19IN2O4. The topological polar surface area (TPSA) is 80.2 Å². The number of aryl methyl sites for hydroxylation is 2. The molecule has 0 spiro atoms. The summed E-state index contributed by atoms with van der Waals surface area (Å²) in [5, 5.41) is 13.7. The molecule has 2 aromatic carbocycles. The number of rotatable bonds is 6. The molecule has 0 bridgehead atoms. The number of benzene rings is 2. The number of aromatic hydroxyl groups is 1. The minimum Gasteiger partial charge on any atom is -0.504 e. The van der Waals surface area contributed by atoms with Gasteiger partial charge in [0.25, 0.3) is 5.91 Å². The highest BCUT2D eigenvalue weighted by atomic mass is 127. The van der Waals surface area contributed by atoms with Crippen LogP contribution in [0.5, 0.6) is 17.2 Å². The number of carbonyl (C=O) groups excluding carboxylic acids is 1. The lowest BCUT2D eigenvalue weighted by Gasteiger charge is -2.07. The predicted octanol–water partition coefficient (Wildman–Crippen LogP) is 3.15. The smallest absolute Gasteiger partial charge is 0.277 e. The first-order chi connectivity index (χ1) is 11.9.